The van der Waals surface area contributed by atoms with Crippen molar-refractivity contribution in [1.29, 1.82) is 0 Å². The number of aliphatic carboxylic acids is 2. The number of piperazine rings is 1. The van der Waals surface area contributed by atoms with Crippen molar-refractivity contribution >= 4 is 17.8 Å². The third-order valence-electron chi connectivity index (χ3n) is 8.19. The number of ether oxygens (including phenoxy) is 2. The quantitative estimate of drug-likeness (QED) is 0.267. The molecule has 5 rings (SSSR count). The second-order valence-electron chi connectivity index (χ2n) is 11.3. The highest BCUT2D eigenvalue weighted by Gasteiger charge is 2.34. The van der Waals surface area contributed by atoms with E-state index in [1.54, 1.807) is 12.5 Å². The number of likely N-dealkylation sites (N-methyl/N-ethyl adjacent to an activating group) is 1. The largest absolute Gasteiger partial charge is 0.493 e. The number of carbonyl (C=O) groups excluding carboxylic acids is 1. The summed E-state index contributed by atoms with van der Waals surface area (Å²) in [6.45, 7) is 3.27. The Kier molecular flexibility index (Phi) is 9.66. The number of carbonyl (C=O) groups is 3. The first kappa shape index (κ1) is 30.2. The van der Waals surface area contributed by atoms with E-state index in [-0.39, 0.29) is 37.4 Å². The lowest BCUT2D eigenvalue weighted by Crippen LogP contribution is -2.47. The van der Waals surface area contributed by atoms with Gasteiger partial charge in [0.05, 0.1) is 25.2 Å². The zero-order valence-corrected chi connectivity index (χ0v) is 24.4. The van der Waals surface area contributed by atoms with E-state index in [0.29, 0.717) is 43.0 Å². The molecular formula is C33H38N2O8. The smallest absolute Gasteiger partial charge is 0.303 e. The van der Waals surface area contributed by atoms with Crippen LogP contribution in [0.15, 0.2) is 59.4 Å². The number of rotatable bonds is 13. The Balaban J connectivity index is 1.30. The molecule has 2 aliphatic rings. The van der Waals surface area contributed by atoms with Gasteiger partial charge in [0.2, 0.25) is 0 Å². The molecule has 1 aliphatic heterocycles. The molecule has 1 saturated heterocycles. The summed E-state index contributed by atoms with van der Waals surface area (Å²) in [5, 5.41) is 18.2. The predicted molar refractivity (Wildman–Crippen MR) is 159 cm³/mol. The first-order chi connectivity index (χ1) is 20.8. The summed E-state index contributed by atoms with van der Waals surface area (Å²) in [6, 6.07) is 13.2. The van der Waals surface area contributed by atoms with Crippen LogP contribution in [0, 0.1) is 0 Å². The Morgan fingerprint density at radius 1 is 0.953 bits per heavy atom. The number of furan rings is 1. The Labute approximate surface area is 250 Å². The summed E-state index contributed by atoms with van der Waals surface area (Å²) in [5.41, 5.74) is 4.19. The zero-order valence-electron chi connectivity index (χ0n) is 24.4. The summed E-state index contributed by atoms with van der Waals surface area (Å²) in [7, 11) is 2.06. The number of amides is 1. The fourth-order valence-electron chi connectivity index (χ4n) is 5.69. The van der Waals surface area contributed by atoms with Crippen LogP contribution in [-0.2, 0) is 16.0 Å². The third-order valence-corrected chi connectivity index (χ3v) is 8.19. The second-order valence-corrected chi connectivity index (χ2v) is 11.3. The van der Waals surface area contributed by atoms with Crippen molar-refractivity contribution in [3.8, 4) is 22.6 Å². The molecule has 0 bridgehead atoms. The minimum absolute atomic E-state index is 0.0102. The van der Waals surface area contributed by atoms with Crippen molar-refractivity contribution in [2.45, 2.75) is 50.5 Å². The molecule has 0 atom stereocenters. The van der Waals surface area contributed by atoms with Gasteiger partial charge in [-0.1, -0.05) is 12.1 Å². The zero-order chi connectivity index (χ0) is 30.3. The van der Waals surface area contributed by atoms with Gasteiger partial charge in [-0.15, -0.1) is 0 Å². The normalized spacial score (nSPS) is 18.6. The van der Waals surface area contributed by atoms with Gasteiger partial charge in [-0.25, -0.2) is 0 Å². The molecule has 10 heteroatoms. The summed E-state index contributed by atoms with van der Waals surface area (Å²) in [4.78, 5) is 39.8. The number of hydrogen-bond acceptors (Lipinski definition) is 7. The van der Waals surface area contributed by atoms with Crippen LogP contribution >= 0.6 is 0 Å². The van der Waals surface area contributed by atoms with E-state index >= 15 is 0 Å². The number of nitrogens with zero attached hydrogens (tertiary/aromatic N) is 2. The molecule has 43 heavy (non-hydrogen) atoms. The van der Waals surface area contributed by atoms with Crippen molar-refractivity contribution < 1.29 is 38.5 Å². The molecule has 1 aliphatic carbocycles. The van der Waals surface area contributed by atoms with Crippen molar-refractivity contribution in [3.63, 3.8) is 0 Å². The molecule has 2 N–H and O–H groups in total. The van der Waals surface area contributed by atoms with Crippen LogP contribution < -0.4 is 9.47 Å². The Bertz CT molecular complexity index is 1420. The maximum absolute atomic E-state index is 13.4. The molecule has 0 radical (unpaired) electrons. The Hall–Kier alpha value is -4.31. The summed E-state index contributed by atoms with van der Waals surface area (Å²) in [6.07, 6.45) is 5.34. The molecule has 2 heterocycles. The van der Waals surface area contributed by atoms with Crippen molar-refractivity contribution in [2.24, 2.45) is 0 Å². The lowest BCUT2D eigenvalue weighted by Gasteiger charge is -2.37. The highest BCUT2D eigenvalue weighted by molar-refractivity contribution is 5.96. The van der Waals surface area contributed by atoms with Crippen molar-refractivity contribution in [3.05, 3.63) is 71.7 Å². The molecule has 228 valence electrons. The van der Waals surface area contributed by atoms with Crippen molar-refractivity contribution in [1.82, 2.24) is 9.80 Å². The van der Waals surface area contributed by atoms with Crippen LogP contribution in [-0.4, -0.2) is 83.8 Å². The molecule has 1 saturated carbocycles. The molecule has 10 nitrogen and oxygen atoms in total. The fourth-order valence-corrected chi connectivity index (χ4v) is 5.69. The summed E-state index contributed by atoms with van der Waals surface area (Å²) < 4.78 is 17.6. The monoisotopic (exact) mass is 590 g/mol. The molecule has 3 aromatic rings. The van der Waals surface area contributed by atoms with Gasteiger partial charge in [-0.05, 0) is 85.7 Å². The molecule has 0 unspecified atom stereocenters. The molecule has 0 spiro atoms. The van der Waals surface area contributed by atoms with Crippen LogP contribution in [0.3, 0.4) is 0 Å². The minimum atomic E-state index is -0.888. The molecule has 2 fully saturated rings. The SMILES string of the molecule is CN1CCN(C(=O)c2cc(OC3CC(c4cccc(OCCCC(=O)O)c4CCC(=O)O)C3)cc(-c3ccoc3)c2)CC1. The number of benzene rings is 2. The maximum Gasteiger partial charge on any atom is 0.303 e. The van der Waals surface area contributed by atoms with E-state index in [0.717, 1.165) is 48.2 Å². The fraction of sp³-hybridized carbons (Fsp3) is 0.424. The topological polar surface area (TPSA) is 130 Å². The Morgan fingerprint density at radius 3 is 2.42 bits per heavy atom. The first-order valence-electron chi connectivity index (χ1n) is 14.8. The van der Waals surface area contributed by atoms with Crippen LogP contribution in [0.1, 0.15) is 59.5 Å². The summed E-state index contributed by atoms with van der Waals surface area (Å²) >= 11 is 0. The lowest BCUT2D eigenvalue weighted by atomic mass is 9.75. The van der Waals surface area contributed by atoms with Gasteiger partial charge in [0.15, 0.2) is 0 Å². The van der Waals surface area contributed by atoms with Gasteiger partial charge < -0.3 is 33.9 Å². The molecule has 1 amide bonds. The van der Waals surface area contributed by atoms with E-state index in [1.807, 2.05) is 47.4 Å². The van der Waals surface area contributed by atoms with Gasteiger partial charge in [-0.2, -0.15) is 0 Å². The Morgan fingerprint density at radius 2 is 1.72 bits per heavy atom. The summed E-state index contributed by atoms with van der Waals surface area (Å²) in [5.74, 6) is -0.386. The third kappa shape index (κ3) is 7.75. The first-order valence-corrected chi connectivity index (χ1v) is 14.8. The van der Waals surface area contributed by atoms with Crippen LogP contribution in [0.5, 0.6) is 11.5 Å². The lowest BCUT2D eigenvalue weighted by molar-refractivity contribution is -0.138. The van der Waals surface area contributed by atoms with Crippen LogP contribution in [0.2, 0.25) is 0 Å². The standard InChI is InChI=1S/C33H38N2O8/c1-34-10-12-35(13-11-34)33(40)25-16-23(22-9-15-41-21-22)17-26(20-25)43-27-18-24(19-27)28-4-2-5-30(29(28)7-8-32(38)39)42-14-3-6-31(36)37/h2,4-5,9,15-17,20-21,24,27H,3,6-8,10-14,18-19H2,1H3,(H,36,37)(H,38,39). The van der Waals surface area contributed by atoms with Crippen molar-refractivity contribution in [2.75, 3.05) is 39.8 Å². The van der Waals surface area contributed by atoms with Gasteiger partial charge in [-0.3, -0.25) is 14.4 Å². The molecule has 2 aromatic carbocycles. The van der Waals surface area contributed by atoms with Crippen LogP contribution in [0.4, 0.5) is 0 Å². The second kappa shape index (κ2) is 13.8. The van der Waals surface area contributed by atoms with Gasteiger partial charge in [0.25, 0.3) is 5.91 Å². The van der Waals surface area contributed by atoms with E-state index in [4.69, 9.17) is 19.0 Å². The van der Waals surface area contributed by atoms with Gasteiger partial charge in [0, 0.05) is 50.1 Å². The predicted octanol–water partition coefficient (Wildman–Crippen LogP) is 4.92. The highest BCUT2D eigenvalue weighted by Crippen LogP contribution is 2.43. The number of carboxylic acid groups (broad SMARTS) is 2. The van der Waals surface area contributed by atoms with E-state index < -0.39 is 11.9 Å². The van der Waals surface area contributed by atoms with E-state index in [9.17, 15) is 19.5 Å². The molecular weight excluding hydrogens is 552 g/mol. The average Bonchev–Trinajstić information content (AvgIpc) is 3.51. The maximum atomic E-state index is 13.4. The van der Waals surface area contributed by atoms with E-state index in [2.05, 4.69) is 11.9 Å². The minimum Gasteiger partial charge on any atom is -0.493 e. The highest BCUT2D eigenvalue weighted by atomic mass is 16.5. The average molecular weight is 591 g/mol. The number of carboxylic acids is 2. The van der Waals surface area contributed by atoms with Crippen LogP contribution in [0.25, 0.3) is 11.1 Å². The number of hydrogen-bond donors (Lipinski definition) is 2. The van der Waals surface area contributed by atoms with E-state index in [1.165, 1.54) is 0 Å². The van der Waals surface area contributed by atoms with Gasteiger partial charge >= 0.3 is 11.9 Å². The molecule has 1 aromatic heterocycles. The van der Waals surface area contributed by atoms with Gasteiger partial charge in [0.1, 0.15) is 11.5 Å².